The van der Waals surface area contributed by atoms with Gasteiger partial charge in [-0.3, -0.25) is 4.79 Å². The molecule has 1 saturated carbocycles. The van der Waals surface area contributed by atoms with E-state index in [0.717, 1.165) is 19.3 Å². The zero-order chi connectivity index (χ0) is 18.7. The number of carbonyl (C=O) groups excluding carboxylic acids is 2. The summed E-state index contributed by atoms with van der Waals surface area (Å²) in [4.78, 5) is 27.6. The van der Waals surface area contributed by atoms with Crippen molar-refractivity contribution in [2.75, 3.05) is 12.4 Å². The summed E-state index contributed by atoms with van der Waals surface area (Å²) in [7, 11) is 0. The minimum Gasteiger partial charge on any atom is -0.464 e. The van der Waals surface area contributed by atoms with Crippen LogP contribution in [0.5, 0.6) is 0 Å². The van der Waals surface area contributed by atoms with Crippen LogP contribution in [0.15, 0.2) is 30.3 Å². The van der Waals surface area contributed by atoms with Crippen LogP contribution in [0.1, 0.15) is 51.5 Å². The van der Waals surface area contributed by atoms with Crippen LogP contribution < -0.4 is 0 Å². The van der Waals surface area contributed by atoms with E-state index in [-0.39, 0.29) is 23.2 Å². The number of amides is 1. The maximum atomic E-state index is 13.3. The number of carbonyl (C=O) groups is 2. The van der Waals surface area contributed by atoms with Crippen LogP contribution >= 0.6 is 11.8 Å². The topological polar surface area (TPSA) is 46.6 Å². The molecule has 26 heavy (non-hydrogen) atoms. The van der Waals surface area contributed by atoms with E-state index in [0.29, 0.717) is 24.2 Å². The quantitative estimate of drug-likeness (QED) is 0.674. The van der Waals surface area contributed by atoms with Crippen molar-refractivity contribution in [3.8, 4) is 0 Å². The Hall–Kier alpha value is -1.49. The van der Waals surface area contributed by atoms with Gasteiger partial charge in [0.05, 0.1) is 12.0 Å². The second-order valence-electron chi connectivity index (χ2n) is 7.71. The number of esters is 1. The van der Waals surface area contributed by atoms with Gasteiger partial charge in [-0.25, -0.2) is 4.79 Å². The van der Waals surface area contributed by atoms with Gasteiger partial charge in [0.2, 0.25) is 5.91 Å². The third kappa shape index (κ3) is 4.25. The second-order valence-corrected chi connectivity index (χ2v) is 8.92. The van der Waals surface area contributed by atoms with Gasteiger partial charge in [-0.05, 0) is 36.7 Å². The van der Waals surface area contributed by atoms with E-state index in [4.69, 9.17) is 4.74 Å². The Balaban J connectivity index is 1.73. The lowest BCUT2D eigenvalue weighted by Gasteiger charge is -2.29. The van der Waals surface area contributed by atoms with Gasteiger partial charge in [-0.1, -0.05) is 51.1 Å². The SMILES string of the molecule is CCCOC(=O)C1CSC(CC(C)C)N1C(=O)C1CC1c1ccccc1. The maximum Gasteiger partial charge on any atom is 0.329 e. The van der Waals surface area contributed by atoms with Gasteiger partial charge in [0, 0.05) is 11.7 Å². The van der Waals surface area contributed by atoms with E-state index >= 15 is 0 Å². The Morgan fingerprint density at radius 1 is 1.27 bits per heavy atom. The van der Waals surface area contributed by atoms with Crippen LogP contribution in [0.2, 0.25) is 0 Å². The molecule has 142 valence electrons. The van der Waals surface area contributed by atoms with Gasteiger partial charge in [0.25, 0.3) is 0 Å². The van der Waals surface area contributed by atoms with Gasteiger partial charge in [0.1, 0.15) is 6.04 Å². The van der Waals surface area contributed by atoms with Gasteiger partial charge < -0.3 is 9.64 Å². The summed E-state index contributed by atoms with van der Waals surface area (Å²) in [6.07, 6.45) is 2.60. The van der Waals surface area contributed by atoms with E-state index < -0.39 is 6.04 Å². The second kappa shape index (κ2) is 8.47. The van der Waals surface area contributed by atoms with Crippen LogP contribution in [-0.4, -0.2) is 40.6 Å². The van der Waals surface area contributed by atoms with E-state index in [9.17, 15) is 9.59 Å². The van der Waals surface area contributed by atoms with E-state index in [2.05, 4.69) is 26.0 Å². The first-order chi connectivity index (χ1) is 12.5. The Kier molecular flexibility index (Phi) is 6.28. The van der Waals surface area contributed by atoms with Crippen LogP contribution in [-0.2, 0) is 14.3 Å². The van der Waals surface area contributed by atoms with Crippen LogP contribution in [0.25, 0.3) is 0 Å². The molecule has 3 rings (SSSR count). The number of hydrogen-bond donors (Lipinski definition) is 0. The van der Waals surface area contributed by atoms with Gasteiger partial charge in [-0.2, -0.15) is 0 Å². The highest BCUT2D eigenvalue weighted by Gasteiger charge is 2.51. The molecule has 1 aliphatic carbocycles. The molecule has 4 atom stereocenters. The van der Waals surface area contributed by atoms with Gasteiger partial charge in [-0.15, -0.1) is 11.8 Å². The zero-order valence-corrected chi connectivity index (χ0v) is 16.7. The predicted molar refractivity (Wildman–Crippen MR) is 105 cm³/mol. The monoisotopic (exact) mass is 375 g/mol. The molecule has 4 unspecified atom stereocenters. The summed E-state index contributed by atoms with van der Waals surface area (Å²) in [6, 6.07) is 9.80. The summed E-state index contributed by atoms with van der Waals surface area (Å²) < 4.78 is 5.37. The summed E-state index contributed by atoms with van der Waals surface area (Å²) in [6.45, 7) is 6.73. The summed E-state index contributed by atoms with van der Waals surface area (Å²) in [5.74, 6) is 1.32. The minimum absolute atomic E-state index is 0.00670. The average Bonchev–Trinajstić information content (AvgIpc) is 3.33. The first-order valence-corrected chi connectivity index (χ1v) is 10.7. The number of rotatable bonds is 7. The van der Waals surface area contributed by atoms with Crippen molar-refractivity contribution in [2.24, 2.45) is 11.8 Å². The molecule has 2 fully saturated rings. The molecule has 0 N–H and O–H groups in total. The highest BCUT2D eigenvalue weighted by Crippen LogP contribution is 2.50. The third-order valence-corrected chi connectivity index (χ3v) is 6.39. The number of ether oxygens (including phenoxy) is 1. The molecular formula is C21H29NO3S. The Morgan fingerprint density at radius 3 is 2.65 bits per heavy atom. The predicted octanol–water partition coefficient (Wildman–Crippen LogP) is 4.06. The lowest BCUT2D eigenvalue weighted by atomic mass is 10.1. The number of nitrogens with zero attached hydrogens (tertiary/aromatic N) is 1. The smallest absolute Gasteiger partial charge is 0.329 e. The average molecular weight is 376 g/mol. The zero-order valence-electron chi connectivity index (χ0n) is 15.9. The fraction of sp³-hybridized carbons (Fsp3) is 0.619. The highest BCUT2D eigenvalue weighted by molar-refractivity contribution is 8.00. The summed E-state index contributed by atoms with van der Waals surface area (Å²) in [5, 5.41) is 0.0821. The maximum absolute atomic E-state index is 13.3. The highest BCUT2D eigenvalue weighted by atomic mass is 32.2. The fourth-order valence-electron chi connectivity index (χ4n) is 3.65. The van der Waals surface area contributed by atoms with Crippen molar-refractivity contribution < 1.29 is 14.3 Å². The van der Waals surface area contributed by atoms with E-state index in [1.165, 1.54) is 5.56 Å². The van der Waals surface area contributed by atoms with Crippen molar-refractivity contribution >= 4 is 23.6 Å². The molecule has 0 aromatic heterocycles. The molecule has 1 amide bonds. The fourth-order valence-corrected chi connectivity index (χ4v) is 5.29. The molecule has 0 spiro atoms. The van der Waals surface area contributed by atoms with E-state index in [1.54, 1.807) is 11.8 Å². The molecule has 4 nitrogen and oxygen atoms in total. The molecular weight excluding hydrogens is 346 g/mol. The molecule has 0 radical (unpaired) electrons. The first kappa shape index (κ1) is 19.3. The standard InChI is InChI=1S/C21H29NO3S/c1-4-10-25-21(24)18-13-26-19(11-14(2)3)22(18)20(23)17-12-16(17)15-8-6-5-7-9-15/h5-9,14,16-19H,4,10-13H2,1-3H3. The van der Waals surface area contributed by atoms with Crippen molar-refractivity contribution in [1.82, 2.24) is 4.90 Å². The lowest BCUT2D eigenvalue weighted by Crippen LogP contribution is -2.47. The van der Waals surface area contributed by atoms with Crippen molar-refractivity contribution in [3.05, 3.63) is 35.9 Å². The molecule has 1 aromatic carbocycles. The third-order valence-electron chi connectivity index (χ3n) is 5.08. The summed E-state index contributed by atoms with van der Waals surface area (Å²) in [5.41, 5.74) is 1.23. The molecule has 1 aliphatic heterocycles. The van der Waals surface area contributed by atoms with Gasteiger partial charge >= 0.3 is 5.97 Å². The molecule has 0 bridgehead atoms. The van der Waals surface area contributed by atoms with Crippen LogP contribution in [0, 0.1) is 11.8 Å². The lowest BCUT2D eigenvalue weighted by molar-refractivity contribution is -0.154. The Bertz CT molecular complexity index is 633. The van der Waals surface area contributed by atoms with Crippen molar-refractivity contribution in [2.45, 2.75) is 57.4 Å². The molecule has 5 heteroatoms. The summed E-state index contributed by atoms with van der Waals surface area (Å²) >= 11 is 1.72. The molecule has 1 saturated heterocycles. The normalized spacial score (nSPS) is 27.6. The van der Waals surface area contributed by atoms with Crippen molar-refractivity contribution in [1.29, 1.82) is 0 Å². The van der Waals surface area contributed by atoms with Crippen LogP contribution in [0.3, 0.4) is 0 Å². The number of benzene rings is 1. The number of hydrogen-bond acceptors (Lipinski definition) is 4. The first-order valence-electron chi connectivity index (χ1n) is 9.68. The van der Waals surface area contributed by atoms with Crippen LogP contribution in [0.4, 0.5) is 0 Å². The molecule has 2 aliphatic rings. The van der Waals surface area contributed by atoms with Crippen molar-refractivity contribution in [3.63, 3.8) is 0 Å². The number of thioether (sulfide) groups is 1. The minimum atomic E-state index is -0.431. The van der Waals surface area contributed by atoms with Gasteiger partial charge in [0.15, 0.2) is 0 Å². The Morgan fingerprint density at radius 2 is 2.00 bits per heavy atom. The van der Waals surface area contributed by atoms with E-state index in [1.807, 2.05) is 30.0 Å². The Labute approximate surface area is 160 Å². The molecule has 1 aromatic rings. The largest absolute Gasteiger partial charge is 0.464 e. The molecule has 1 heterocycles.